The highest BCUT2D eigenvalue weighted by atomic mass is 19.3. The van der Waals surface area contributed by atoms with Crippen molar-refractivity contribution in [2.75, 3.05) is 54.6 Å². The van der Waals surface area contributed by atoms with Crippen LogP contribution in [0.15, 0.2) is 46.2 Å². The number of nitrogens with one attached hydrogen (secondary N) is 4. The maximum absolute atomic E-state index is 14.1. The Morgan fingerprint density at radius 1 is 0.635 bits per heavy atom. The summed E-state index contributed by atoms with van der Waals surface area (Å²) in [7, 11) is 6.50. The number of amides is 6. The Labute approximate surface area is 482 Å². The molecular formula is C53H70F8N16O8. The van der Waals surface area contributed by atoms with Crippen molar-refractivity contribution in [3.63, 3.8) is 0 Å². The number of alkyl halides is 8. The van der Waals surface area contributed by atoms with E-state index in [0.29, 0.717) is 70.9 Å². The smallest absolute Gasteiger partial charge is 0.317 e. The molecule has 85 heavy (non-hydrogen) atoms. The van der Waals surface area contributed by atoms with E-state index in [9.17, 15) is 54.3 Å². The second-order valence-electron chi connectivity index (χ2n) is 21.8. The van der Waals surface area contributed by atoms with Gasteiger partial charge in [-0.15, -0.1) is 0 Å². The van der Waals surface area contributed by atoms with Gasteiger partial charge in [-0.3, -0.25) is 9.59 Å². The number of rotatable bonds is 10. The van der Waals surface area contributed by atoms with Gasteiger partial charge in [0.1, 0.15) is 11.4 Å². The molecule has 6 aromatic heterocycles. The third kappa shape index (κ3) is 16.4. The minimum Gasteiger partial charge on any atom is -0.388 e. The number of hydrogen-bond donors (Lipinski definition) is 4. The van der Waals surface area contributed by atoms with E-state index in [1.54, 1.807) is 79.2 Å². The van der Waals surface area contributed by atoms with Gasteiger partial charge in [-0.1, -0.05) is 30.1 Å². The molecule has 0 radical (unpaired) electrons. The zero-order chi connectivity index (χ0) is 61.9. The first-order valence-corrected chi connectivity index (χ1v) is 27.4. The summed E-state index contributed by atoms with van der Waals surface area (Å²) in [6.07, 6.45) is 11.8. The number of aryl methyl sites for hydroxylation is 2. The fraction of sp³-hybridized carbons (Fsp3) is 0.623. The number of hydrogen-bond acceptors (Lipinski definition) is 16. The summed E-state index contributed by atoms with van der Waals surface area (Å²) in [5, 5.41) is 33.3. The zero-order valence-corrected chi connectivity index (χ0v) is 48.1. The molecule has 6 aliphatic rings. The van der Waals surface area contributed by atoms with Crippen LogP contribution in [0.25, 0.3) is 11.3 Å². The Morgan fingerprint density at radius 2 is 1.06 bits per heavy atom. The number of carbonyl (C=O) groups excluding carboxylic acids is 4. The van der Waals surface area contributed by atoms with Crippen molar-refractivity contribution < 1.29 is 73.0 Å². The maximum atomic E-state index is 14.1. The number of fused-ring (bicyclic) bond motifs is 4. The second-order valence-corrected chi connectivity index (χ2v) is 21.8. The number of methoxy groups -OCH3 is 2. The van der Waals surface area contributed by atoms with Crippen molar-refractivity contribution in [1.82, 2.24) is 80.9 Å². The van der Waals surface area contributed by atoms with E-state index >= 15 is 0 Å². The Kier molecular flexibility index (Phi) is 21.1. The summed E-state index contributed by atoms with van der Waals surface area (Å²) in [6.45, 7) is 5.18. The quantitative estimate of drug-likeness (QED) is 0.0961. The van der Waals surface area contributed by atoms with Gasteiger partial charge in [-0.25, -0.2) is 73.0 Å². The number of nitrogens with zero attached hydrogens (tertiary/aromatic N) is 12. The Bertz CT molecular complexity index is 3190. The van der Waals surface area contributed by atoms with Crippen LogP contribution in [0.5, 0.6) is 0 Å². The first-order chi connectivity index (χ1) is 40.3. The van der Waals surface area contributed by atoms with Crippen LogP contribution in [0.3, 0.4) is 0 Å². The normalized spacial score (nSPS) is 22.7. The fourth-order valence-electron chi connectivity index (χ4n) is 10.0. The molecule has 0 spiro atoms. The highest BCUT2D eigenvalue weighted by molar-refractivity contribution is 5.93. The number of imidazole rings is 2. The summed E-state index contributed by atoms with van der Waals surface area (Å²) in [5.41, 5.74) is 3.21. The number of carbonyl (C=O) groups is 4. The van der Waals surface area contributed by atoms with Crippen LogP contribution >= 0.6 is 0 Å². The molecule has 4 unspecified atom stereocenters. The van der Waals surface area contributed by atoms with Gasteiger partial charge in [0.2, 0.25) is 11.8 Å². The molecule has 0 bridgehead atoms. The topological polar surface area (TPSA) is 280 Å². The van der Waals surface area contributed by atoms with E-state index in [-0.39, 0.29) is 101 Å². The molecule has 4 aliphatic carbocycles. The standard InChI is InChI=1S/C19H20F2N8O3.C18H18F2N8O3.2C6H10F2.2C2H6O/c1-10-15(27-32-26-10)16(30)22-5-12-7-29-14(25-12)3-11(4-24-29)6-28-8-13-18(2,19(13,20)21)9-23-17(28)31;1-9-15(26-31-25-9)16(29)21-4-11-7-28-14(24-11)2-10(3-23-28)6-27-8-13-12(18(13,19)20)5-22-17(27)30;2*7-6(8)4-2-1-3-5-6;2*1-3-2/h3-4,7,13H,5-6,8-9H2,1-2H3,(H,22,30)(H,23,31);2-3,7,12-13H,4-6,8H2,1H3,(H,21,29)(H,22,30);2*1-5H2;2*1-2H3. The van der Waals surface area contributed by atoms with Crippen LogP contribution in [-0.4, -0.2) is 162 Å². The predicted molar refractivity (Wildman–Crippen MR) is 284 cm³/mol. The second kappa shape index (κ2) is 27.6. The van der Waals surface area contributed by atoms with Gasteiger partial charge in [-0.05, 0) is 73.1 Å². The summed E-state index contributed by atoms with van der Waals surface area (Å²) in [6, 6.07) is 2.71. The zero-order valence-electron chi connectivity index (χ0n) is 48.1. The van der Waals surface area contributed by atoms with Crippen LogP contribution in [-0.2, 0) is 35.7 Å². The predicted octanol–water partition coefficient (Wildman–Crippen LogP) is 7.60. The molecular weight excluding hydrogens is 1140 g/mol. The van der Waals surface area contributed by atoms with Crippen molar-refractivity contribution in [2.45, 2.75) is 135 Å². The van der Waals surface area contributed by atoms with Crippen molar-refractivity contribution in [3.8, 4) is 0 Å². The summed E-state index contributed by atoms with van der Waals surface area (Å²) in [4.78, 5) is 60.4. The summed E-state index contributed by atoms with van der Waals surface area (Å²) < 4.78 is 125. The van der Waals surface area contributed by atoms with E-state index in [1.807, 2.05) is 0 Å². The van der Waals surface area contributed by atoms with Crippen molar-refractivity contribution in [3.05, 3.63) is 82.2 Å². The molecule has 4 saturated carbocycles. The molecule has 6 aromatic rings. The Hall–Kier alpha value is -7.64. The Morgan fingerprint density at radius 3 is 1.46 bits per heavy atom. The minimum atomic E-state index is -2.79. The fourth-order valence-corrected chi connectivity index (χ4v) is 10.0. The van der Waals surface area contributed by atoms with Gasteiger partial charge < -0.3 is 40.5 Å². The number of urea groups is 2. The van der Waals surface area contributed by atoms with E-state index < -0.39 is 58.7 Å². The van der Waals surface area contributed by atoms with Gasteiger partial charge in [0.15, 0.2) is 22.7 Å². The maximum Gasteiger partial charge on any atom is 0.317 e. The molecule has 4 atom stereocenters. The molecule has 0 aromatic carbocycles. The van der Waals surface area contributed by atoms with Crippen LogP contribution in [0.2, 0.25) is 0 Å². The molecule has 8 heterocycles. The van der Waals surface area contributed by atoms with E-state index in [2.05, 4.69) is 80.8 Å². The first-order valence-electron chi connectivity index (χ1n) is 27.4. The highest BCUT2D eigenvalue weighted by Gasteiger charge is 2.78. The molecule has 24 nitrogen and oxygen atoms in total. The average Bonchev–Trinajstić information content (AvgIpc) is 1.59. The van der Waals surface area contributed by atoms with Gasteiger partial charge in [-0.2, -0.15) is 10.2 Å². The number of halogens is 8. The largest absolute Gasteiger partial charge is 0.388 e. The number of aromatic nitrogens is 10. The van der Waals surface area contributed by atoms with Gasteiger partial charge in [0, 0.05) is 93.4 Å². The van der Waals surface area contributed by atoms with E-state index in [4.69, 9.17) is 0 Å². The molecule has 2 saturated heterocycles. The van der Waals surface area contributed by atoms with Crippen molar-refractivity contribution in [1.29, 1.82) is 0 Å². The van der Waals surface area contributed by atoms with Crippen LogP contribution < -0.4 is 21.3 Å². The SMILES string of the molecule is COC.COC.Cc1nonc1C(=O)NCc1cn2ncc(CN3CC4C(CNC3=O)C4(F)F)cc2n1.Cc1nonc1C(=O)NCc1cn2ncc(CN3CC4C(F)(F)C4(C)CNC3=O)cc2n1.FC1(F)CCCCC1.FC1(F)CCCCC1. The van der Waals surface area contributed by atoms with Crippen LogP contribution in [0, 0.1) is 37.0 Å². The van der Waals surface area contributed by atoms with Crippen LogP contribution in [0.4, 0.5) is 44.7 Å². The third-order valence-electron chi connectivity index (χ3n) is 15.1. The molecule has 466 valence electrons. The third-order valence-corrected chi connectivity index (χ3v) is 15.1. The molecule has 6 amide bonds. The van der Waals surface area contributed by atoms with Crippen LogP contribution in [0.1, 0.15) is 126 Å². The molecule has 32 heteroatoms. The molecule has 6 fully saturated rings. The highest BCUT2D eigenvalue weighted by Crippen LogP contribution is 2.66. The van der Waals surface area contributed by atoms with Gasteiger partial charge in [0.05, 0.1) is 72.4 Å². The van der Waals surface area contributed by atoms with Crippen molar-refractivity contribution >= 4 is 35.2 Å². The monoisotopic (exact) mass is 1210 g/mol. The first kappa shape index (κ1) is 64.9. The summed E-state index contributed by atoms with van der Waals surface area (Å²) >= 11 is 0. The molecule has 12 rings (SSSR count). The molecule has 4 N–H and O–H groups in total. The summed E-state index contributed by atoms with van der Waals surface area (Å²) in [5.74, 6) is -13.5. The lowest BCUT2D eigenvalue weighted by Crippen LogP contribution is -2.41. The number of ether oxygens (including phenoxy) is 2. The lowest BCUT2D eigenvalue weighted by Gasteiger charge is -2.22. The lowest BCUT2D eigenvalue weighted by molar-refractivity contribution is -0.0343. The van der Waals surface area contributed by atoms with E-state index in [1.165, 1.54) is 25.8 Å². The van der Waals surface area contributed by atoms with Crippen molar-refractivity contribution in [2.24, 2.45) is 23.2 Å². The lowest BCUT2D eigenvalue weighted by atomic mass is 9.97. The molecule has 2 aliphatic heterocycles. The Balaban J connectivity index is 0.000000180. The average molecular weight is 1210 g/mol. The van der Waals surface area contributed by atoms with E-state index in [0.717, 1.165) is 12.8 Å². The van der Waals surface area contributed by atoms with Gasteiger partial charge >= 0.3 is 12.1 Å². The minimum absolute atomic E-state index is 0.00325. The van der Waals surface area contributed by atoms with Gasteiger partial charge in [0.25, 0.3) is 23.7 Å².